The Morgan fingerprint density at radius 1 is 0.953 bits per heavy atom. The Labute approximate surface area is 256 Å². The third kappa shape index (κ3) is 7.04. The van der Waals surface area contributed by atoms with Crippen molar-refractivity contribution in [2.45, 2.75) is 44.4 Å². The molecule has 1 fully saturated rings. The fourth-order valence-electron chi connectivity index (χ4n) is 5.19. The number of aromatic nitrogens is 1. The van der Waals surface area contributed by atoms with Crippen molar-refractivity contribution >= 4 is 38.4 Å². The number of amides is 1. The number of thiazole rings is 1. The molecule has 0 bridgehead atoms. The Kier molecular flexibility index (Phi) is 9.69. The highest BCUT2D eigenvalue weighted by atomic mass is 32.2. The van der Waals surface area contributed by atoms with Gasteiger partial charge in [0, 0.05) is 29.1 Å². The van der Waals surface area contributed by atoms with Gasteiger partial charge in [-0.05, 0) is 61.6 Å². The monoisotopic (exact) mass is 617 g/mol. The van der Waals surface area contributed by atoms with Crippen molar-refractivity contribution in [2.75, 3.05) is 25.0 Å². The van der Waals surface area contributed by atoms with Crippen LogP contribution in [0.15, 0.2) is 83.8 Å². The number of carbonyl (C=O) groups is 2. The van der Waals surface area contributed by atoms with Crippen LogP contribution in [0.2, 0.25) is 0 Å². The lowest BCUT2D eigenvalue weighted by atomic mass is 10.0. The van der Waals surface area contributed by atoms with E-state index in [1.807, 2.05) is 18.2 Å². The number of nitrogens with zero attached hydrogens (tertiary/aromatic N) is 2. The Bertz CT molecular complexity index is 1670. The number of sulfonamides is 1. The van der Waals surface area contributed by atoms with E-state index in [4.69, 9.17) is 9.72 Å². The van der Waals surface area contributed by atoms with E-state index >= 15 is 0 Å². The Morgan fingerprint density at radius 3 is 2.30 bits per heavy atom. The molecule has 0 spiro atoms. The molecule has 1 atom stereocenters. The zero-order chi connectivity index (χ0) is 30.4. The minimum absolute atomic E-state index is 0.0780. The quantitative estimate of drug-likeness (QED) is 0.200. The number of benzene rings is 3. The summed E-state index contributed by atoms with van der Waals surface area (Å²) < 4.78 is 33.0. The summed E-state index contributed by atoms with van der Waals surface area (Å²) >= 11 is 1.45. The van der Waals surface area contributed by atoms with Crippen molar-refractivity contribution in [1.29, 1.82) is 0 Å². The average Bonchev–Trinajstić information content (AvgIpc) is 3.43. The van der Waals surface area contributed by atoms with Crippen LogP contribution >= 0.6 is 11.3 Å². The highest BCUT2D eigenvalue weighted by Crippen LogP contribution is 2.34. The normalized spacial score (nSPS) is 15.6. The summed E-state index contributed by atoms with van der Waals surface area (Å²) in [5.74, 6) is -1.21. The molecule has 1 aliphatic heterocycles. The summed E-state index contributed by atoms with van der Waals surface area (Å²) in [7, 11) is -3.82. The van der Waals surface area contributed by atoms with Crippen molar-refractivity contribution in [3.05, 3.63) is 89.3 Å². The van der Waals surface area contributed by atoms with Gasteiger partial charge >= 0.3 is 5.97 Å². The van der Waals surface area contributed by atoms with Crippen molar-refractivity contribution in [3.63, 3.8) is 0 Å². The van der Waals surface area contributed by atoms with Gasteiger partial charge in [-0.3, -0.25) is 14.9 Å². The zero-order valence-corrected chi connectivity index (χ0v) is 25.9. The molecular weight excluding hydrogens is 583 g/mol. The van der Waals surface area contributed by atoms with E-state index in [0.29, 0.717) is 30.1 Å². The second-order valence-electron chi connectivity index (χ2n) is 10.4. The molecule has 1 N–H and O–H groups in total. The summed E-state index contributed by atoms with van der Waals surface area (Å²) in [6, 6.07) is 24.3. The molecule has 10 heteroatoms. The minimum Gasteiger partial charge on any atom is -0.466 e. The first-order chi connectivity index (χ1) is 20.8. The molecule has 1 amide bonds. The Balaban J connectivity index is 1.29. The maximum Gasteiger partial charge on any atom is 0.310 e. The summed E-state index contributed by atoms with van der Waals surface area (Å²) in [4.78, 5) is 31.2. The third-order valence-electron chi connectivity index (χ3n) is 7.42. The van der Waals surface area contributed by atoms with Gasteiger partial charge in [0.15, 0.2) is 5.13 Å². The van der Waals surface area contributed by atoms with E-state index in [-0.39, 0.29) is 29.9 Å². The topological polar surface area (TPSA) is 106 Å². The second-order valence-corrected chi connectivity index (χ2v) is 13.4. The highest BCUT2D eigenvalue weighted by molar-refractivity contribution is 7.89. The number of rotatable bonds is 10. The fourth-order valence-corrected chi connectivity index (χ4v) is 7.79. The molecule has 1 aromatic heterocycles. The highest BCUT2D eigenvalue weighted by Gasteiger charge is 2.34. The standard InChI is InChI=1S/C33H35N3O5S2/c1-3-9-29-30(25-15-13-24(14-16-25)23-10-6-5-7-11-23)34-33(42-29)35-31(37)26-17-19-28(20-18-26)43(39,40)36-21-8-12-27(22-36)32(38)41-4-2/h5-7,10-11,13-20,27H,3-4,8-9,12,21-22H2,1-2H3,(H,34,35,37). The predicted molar refractivity (Wildman–Crippen MR) is 169 cm³/mol. The number of nitrogens with one attached hydrogen (secondary N) is 1. The molecule has 3 aromatic carbocycles. The van der Waals surface area contributed by atoms with Gasteiger partial charge in [-0.15, -0.1) is 11.3 Å². The molecule has 8 nitrogen and oxygen atoms in total. The minimum atomic E-state index is -3.82. The Morgan fingerprint density at radius 2 is 1.63 bits per heavy atom. The molecule has 2 heterocycles. The molecule has 1 unspecified atom stereocenters. The molecule has 0 aliphatic carbocycles. The molecular formula is C33H35N3O5S2. The number of hydrogen-bond donors (Lipinski definition) is 1. The summed E-state index contributed by atoms with van der Waals surface area (Å²) in [6.07, 6.45) is 2.96. The molecule has 0 saturated carbocycles. The van der Waals surface area contributed by atoms with Gasteiger partial charge in [0.05, 0.1) is 23.1 Å². The van der Waals surface area contributed by atoms with E-state index in [1.165, 1.54) is 39.9 Å². The molecule has 224 valence electrons. The first-order valence-corrected chi connectivity index (χ1v) is 16.8. The number of anilines is 1. The Hall–Kier alpha value is -3.86. The van der Waals surface area contributed by atoms with Crippen molar-refractivity contribution in [2.24, 2.45) is 5.92 Å². The predicted octanol–water partition coefficient (Wildman–Crippen LogP) is 6.65. The molecule has 1 aliphatic rings. The maximum absolute atomic E-state index is 13.3. The lowest BCUT2D eigenvalue weighted by Gasteiger charge is -2.30. The average molecular weight is 618 g/mol. The van der Waals surface area contributed by atoms with Gasteiger partial charge in [0.2, 0.25) is 10.0 Å². The number of carbonyl (C=O) groups excluding carboxylic acids is 2. The van der Waals surface area contributed by atoms with Gasteiger partial charge in [-0.25, -0.2) is 13.4 Å². The van der Waals surface area contributed by atoms with Crippen molar-refractivity contribution in [3.8, 4) is 22.4 Å². The number of ether oxygens (including phenoxy) is 1. The van der Waals surface area contributed by atoms with Crippen LogP contribution in [0, 0.1) is 5.92 Å². The van der Waals surface area contributed by atoms with Gasteiger partial charge in [-0.2, -0.15) is 4.31 Å². The summed E-state index contributed by atoms with van der Waals surface area (Å²) in [5.41, 5.74) is 4.42. The van der Waals surface area contributed by atoms with Gasteiger partial charge in [-0.1, -0.05) is 67.9 Å². The van der Waals surface area contributed by atoms with Crippen LogP contribution in [0.5, 0.6) is 0 Å². The van der Waals surface area contributed by atoms with Crippen LogP contribution in [0.1, 0.15) is 48.3 Å². The number of piperidine rings is 1. The zero-order valence-electron chi connectivity index (χ0n) is 24.3. The smallest absolute Gasteiger partial charge is 0.310 e. The van der Waals surface area contributed by atoms with E-state index in [1.54, 1.807) is 6.92 Å². The molecule has 1 saturated heterocycles. The molecule has 4 aromatic rings. The van der Waals surface area contributed by atoms with Gasteiger partial charge in [0.1, 0.15) is 0 Å². The van der Waals surface area contributed by atoms with E-state index in [2.05, 4.69) is 48.6 Å². The number of aryl methyl sites for hydroxylation is 1. The van der Waals surface area contributed by atoms with Gasteiger partial charge in [0.25, 0.3) is 5.91 Å². The van der Waals surface area contributed by atoms with Crippen molar-refractivity contribution < 1.29 is 22.7 Å². The maximum atomic E-state index is 13.3. The molecule has 0 radical (unpaired) electrons. The van der Waals surface area contributed by atoms with Gasteiger partial charge < -0.3 is 4.74 Å². The fraction of sp³-hybridized carbons (Fsp3) is 0.303. The third-order valence-corrected chi connectivity index (χ3v) is 10.3. The number of esters is 1. The van der Waals surface area contributed by atoms with Crippen molar-refractivity contribution in [1.82, 2.24) is 9.29 Å². The number of hydrogen-bond acceptors (Lipinski definition) is 7. The van der Waals surface area contributed by atoms with E-state index in [0.717, 1.165) is 40.1 Å². The van der Waals surface area contributed by atoms with Crippen LogP contribution in [-0.4, -0.2) is 49.3 Å². The lowest BCUT2D eigenvalue weighted by molar-refractivity contribution is -0.149. The summed E-state index contributed by atoms with van der Waals surface area (Å²) in [5, 5.41) is 3.38. The lowest BCUT2D eigenvalue weighted by Crippen LogP contribution is -2.42. The van der Waals surface area contributed by atoms with Crippen LogP contribution in [0.3, 0.4) is 0 Å². The van der Waals surface area contributed by atoms with Crippen LogP contribution in [0.4, 0.5) is 5.13 Å². The molecule has 5 rings (SSSR count). The van der Waals surface area contributed by atoms with Crippen LogP contribution in [0.25, 0.3) is 22.4 Å². The first kappa shape index (κ1) is 30.6. The largest absolute Gasteiger partial charge is 0.466 e. The van der Waals surface area contributed by atoms with E-state index in [9.17, 15) is 18.0 Å². The first-order valence-electron chi connectivity index (χ1n) is 14.5. The second kappa shape index (κ2) is 13.6. The van der Waals surface area contributed by atoms with Crippen LogP contribution < -0.4 is 5.32 Å². The molecule has 43 heavy (non-hydrogen) atoms. The van der Waals surface area contributed by atoms with Crippen LogP contribution in [-0.2, 0) is 26.0 Å². The van der Waals surface area contributed by atoms with E-state index < -0.39 is 15.9 Å². The SMILES string of the molecule is CCCc1sc(NC(=O)c2ccc(S(=O)(=O)N3CCCC(C(=O)OCC)C3)cc2)nc1-c1ccc(-c2ccccc2)cc1. The summed E-state index contributed by atoms with van der Waals surface area (Å²) in [6.45, 7) is 4.52.